The van der Waals surface area contributed by atoms with E-state index in [1.165, 1.54) is 6.42 Å². The van der Waals surface area contributed by atoms with Gasteiger partial charge in [0, 0.05) is 24.7 Å². The summed E-state index contributed by atoms with van der Waals surface area (Å²) in [4.78, 5) is 47.8. The summed E-state index contributed by atoms with van der Waals surface area (Å²) >= 11 is 0. The first kappa shape index (κ1) is 39.3. The van der Waals surface area contributed by atoms with Crippen LogP contribution in [0.1, 0.15) is 88.0 Å². The zero-order valence-electron chi connectivity index (χ0n) is 28.1. The van der Waals surface area contributed by atoms with E-state index in [2.05, 4.69) is 49.9 Å². The van der Waals surface area contributed by atoms with Gasteiger partial charge < -0.3 is 30.0 Å². The monoisotopic (exact) mass is 656 g/mol. The third-order valence-corrected chi connectivity index (χ3v) is 11.7. The van der Waals surface area contributed by atoms with E-state index in [1.807, 2.05) is 13.8 Å². The third-order valence-electron chi connectivity index (χ3n) is 10.3. The van der Waals surface area contributed by atoms with Crippen molar-refractivity contribution >= 4 is 56.1 Å². The summed E-state index contributed by atoms with van der Waals surface area (Å²) in [6, 6.07) is -1.08. The molecule has 1 heterocycles. The number of hydrogen-bond acceptors (Lipinski definition) is 8. The first-order valence-corrected chi connectivity index (χ1v) is 17.7. The van der Waals surface area contributed by atoms with Crippen LogP contribution in [0.15, 0.2) is 0 Å². The molecule has 44 heavy (non-hydrogen) atoms. The van der Waals surface area contributed by atoms with Crippen LogP contribution in [0.2, 0.25) is 11.6 Å². The standard InChI is InChI=1S/C20H35BNO4P.C10H21BNO4P/c1-11(10-27)18(24)22-13(3)15(23)7-12(2)21-25-17-9-14-8-16(19(14,4)5)20(17,6)26-21;1-6(5-17)10(14)12-8(3)9(13)4-7(2)11(15)16/h11-14,16-17H,7-10,27H2,1-6H3,(H,22,24);6-8,15-16H,4-5,17H2,1-3H3,(H,12,14)/t11?,12-,13?,14+,16+,17-,20+;6?,7-,8?/m11/s1. The van der Waals surface area contributed by atoms with Crippen LogP contribution in [0.25, 0.3) is 0 Å². The van der Waals surface area contributed by atoms with Crippen LogP contribution in [0.3, 0.4) is 0 Å². The minimum Gasteiger partial charge on any atom is -0.427 e. The molecule has 4 fully saturated rings. The van der Waals surface area contributed by atoms with Crippen LogP contribution < -0.4 is 10.6 Å². The quantitative estimate of drug-likeness (QED) is 0.165. The Morgan fingerprint density at radius 2 is 1.34 bits per heavy atom. The van der Waals surface area contributed by atoms with Gasteiger partial charge in [-0.3, -0.25) is 19.2 Å². The molecule has 1 aliphatic heterocycles. The number of ketones is 2. The number of amides is 2. The number of hydrogen-bond donors (Lipinski definition) is 4. The second-order valence-electron chi connectivity index (χ2n) is 14.3. The zero-order chi connectivity index (χ0) is 33.7. The normalized spacial score (nSPS) is 28.8. The largest absolute Gasteiger partial charge is 0.461 e. The second kappa shape index (κ2) is 16.3. The molecule has 12 atom stereocenters. The van der Waals surface area contributed by atoms with E-state index in [9.17, 15) is 19.2 Å². The molecule has 0 aromatic rings. The molecule has 14 heteroatoms. The van der Waals surface area contributed by atoms with Crippen molar-refractivity contribution in [2.75, 3.05) is 12.3 Å². The van der Waals surface area contributed by atoms with Crippen molar-refractivity contribution in [1.29, 1.82) is 0 Å². The highest BCUT2D eigenvalue weighted by Gasteiger charge is 2.68. The maximum Gasteiger partial charge on any atom is 0.461 e. The average Bonchev–Trinajstić information content (AvgIpc) is 3.33. The van der Waals surface area contributed by atoms with Crippen molar-refractivity contribution in [1.82, 2.24) is 10.6 Å². The van der Waals surface area contributed by atoms with Crippen molar-refractivity contribution in [2.45, 2.75) is 123 Å². The van der Waals surface area contributed by atoms with Crippen LogP contribution in [0.4, 0.5) is 0 Å². The zero-order valence-corrected chi connectivity index (χ0v) is 30.4. The van der Waals surface area contributed by atoms with Gasteiger partial charge in [-0.25, -0.2) is 0 Å². The Bertz CT molecular complexity index is 1040. The Labute approximate surface area is 269 Å². The van der Waals surface area contributed by atoms with Crippen LogP contribution in [0, 0.1) is 29.1 Å². The molecule has 0 aromatic carbocycles. The molecule has 0 aromatic heterocycles. The topological polar surface area (TPSA) is 151 Å². The van der Waals surface area contributed by atoms with Crippen molar-refractivity contribution in [3.63, 3.8) is 0 Å². The van der Waals surface area contributed by atoms with E-state index in [4.69, 9.17) is 19.4 Å². The molecule has 3 saturated carbocycles. The first-order chi connectivity index (χ1) is 20.3. The van der Waals surface area contributed by atoms with Crippen LogP contribution in [-0.4, -0.2) is 83.8 Å². The number of carbonyl (C=O) groups is 4. The lowest BCUT2D eigenvalue weighted by Crippen LogP contribution is -2.65. The highest BCUT2D eigenvalue weighted by Crippen LogP contribution is 2.66. The Hall–Kier alpha value is -0.890. The molecule has 10 nitrogen and oxygen atoms in total. The summed E-state index contributed by atoms with van der Waals surface area (Å²) in [6.07, 6.45) is 4.12. The van der Waals surface area contributed by atoms with Gasteiger partial charge in [-0.05, 0) is 74.8 Å². The van der Waals surface area contributed by atoms with Gasteiger partial charge in [0.05, 0.1) is 23.8 Å². The predicted molar refractivity (Wildman–Crippen MR) is 181 cm³/mol. The molecule has 4 N–H and O–H groups in total. The molecule has 1 saturated heterocycles. The summed E-state index contributed by atoms with van der Waals surface area (Å²) < 4.78 is 12.7. The molecule has 4 aliphatic rings. The Kier molecular flexibility index (Phi) is 14.5. The molecular formula is C30H56B2N2O8P2. The fraction of sp³-hybridized carbons (Fsp3) is 0.867. The summed E-state index contributed by atoms with van der Waals surface area (Å²) in [5.74, 6) is 0.00375. The Morgan fingerprint density at radius 3 is 1.77 bits per heavy atom. The summed E-state index contributed by atoms with van der Waals surface area (Å²) in [5, 5.41) is 23.2. The van der Waals surface area contributed by atoms with Gasteiger partial charge in [0.25, 0.3) is 0 Å². The lowest BCUT2D eigenvalue weighted by Gasteiger charge is -2.64. The van der Waals surface area contributed by atoms with Gasteiger partial charge >= 0.3 is 14.2 Å². The van der Waals surface area contributed by atoms with E-state index in [-0.39, 0.29) is 66.3 Å². The molecule has 6 unspecified atom stereocenters. The summed E-state index contributed by atoms with van der Waals surface area (Å²) in [6.45, 7) is 17.5. The van der Waals surface area contributed by atoms with Crippen molar-refractivity contribution in [3.8, 4) is 0 Å². The van der Waals surface area contributed by atoms with Crippen molar-refractivity contribution in [3.05, 3.63) is 0 Å². The van der Waals surface area contributed by atoms with Gasteiger partial charge in [0.2, 0.25) is 11.8 Å². The minimum atomic E-state index is -1.51. The number of carbonyl (C=O) groups excluding carboxylic acids is 4. The van der Waals surface area contributed by atoms with Crippen molar-refractivity contribution in [2.24, 2.45) is 29.1 Å². The fourth-order valence-electron chi connectivity index (χ4n) is 6.42. The molecule has 250 valence electrons. The minimum absolute atomic E-state index is 0.0289. The highest BCUT2D eigenvalue weighted by atomic mass is 31.0. The number of nitrogens with one attached hydrogen (secondary N) is 2. The summed E-state index contributed by atoms with van der Waals surface area (Å²) in [5.41, 5.74) is 0.0733. The maximum absolute atomic E-state index is 12.6. The second-order valence-corrected chi connectivity index (χ2v) is 15.2. The summed E-state index contributed by atoms with van der Waals surface area (Å²) in [7, 11) is 3.19. The highest BCUT2D eigenvalue weighted by molar-refractivity contribution is 7.16. The molecule has 4 rings (SSSR count). The van der Waals surface area contributed by atoms with Gasteiger partial charge in [-0.2, -0.15) is 0 Å². The molecule has 2 bridgehead atoms. The van der Waals surface area contributed by atoms with Crippen LogP contribution in [0.5, 0.6) is 0 Å². The van der Waals surface area contributed by atoms with Gasteiger partial charge in [-0.15, -0.1) is 18.5 Å². The third kappa shape index (κ3) is 9.35. The Morgan fingerprint density at radius 1 is 0.864 bits per heavy atom. The van der Waals surface area contributed by atoms with Gasteiger partial charge in [0.15, 0.2) is 11.6 Å². The molecular weight excluding hydrogens is 600 g/mol. The molecule has 0 radical (unpaired) electrons. The predicted octanol–water partition coefficient (Wildman–Crippen LogP) is 2.90. The lowest BCUT2D eigenvalue weighted by atomic mass is 9.43. The van der Waals surface area contributed by atoms with Gasteiger partial charge in [-0.1, -0.05) is 41.5 Å². The number of rotatable bonds is 14. The van der Waals surface area contributed by atoms with E-state index < -0.39 is 25.0 Å². The maximum atomic E-state index is 12.6. The van der Waals surface area contributed by atoms with E-state index >= 15 is 0 Å². The van der Waals surface area contributed by atoms with E-state index in [0.29, 0.717) is 36.0 Å². The smallest absolute Gasteiger partial charge is 0.427 e. The van der Waals surface area contributed by atoms with E-state index in [1.54, 1.807) is 27.7 Å². The fourth-order valence-corrected chi connectivity index (χ4v) is 6.85. The Balaban J connectivity index is 0.000000345. The molecule has 0 spiro atoms. The average molecular weight is 656 g/mol. The SMILES string of the molecule is CC(CP)C(=O)NC(C)C(=O)C[C@@H](C)B(O)O.CC(CP)C(=O)NC(C)C(=O)C[C@@H](C)B1O[C@@H]2C[C@@H]3C[C@@H](C3(C)C)[C@]2(C)O1. The first-order valence-electron chi connectivity index (χ1n) is 16.1. The van der Waals surface area contributed by atoms with E-state index in [0.717, 1.165) is 6.42 Å². The molecule has 3 aliphatic carbocycles. The van der Waals surface area contributed by atoms with Gasteiger partial charge in [0.1, 0.15) is 0 Å². The van der Waals surface area contributed by atoms with Crippen molar-refractivity contribution < 1.29 is 38.5 Å². The number of Topliss-reactive ketones (excluding diaryl/α,β-unsaturated/α-hetero) is 2. The molecule has 2 amide bonds. The van der Waals surface area contributed by atoms with Crippen LogP contribution >= 0.6 is 18.5 Å². The lowest BCUT2D eigenvalue weighted by molar-refractivity contribution is -0.199. The van der Waals surface area contributed by atoms with Crippen LogP contribution in [-0.2, 0) is 28.5 Å².